The highest BCUT2D eigenvalue weighted by atomic mass is 16.5. The number of methoxy groups -OCH3 is 2. The van der Waals surface area contributed by atoms with Crippen molar-refractivity contribution in [1.29, 1.82) is 5.26 Å². The maximum Gasteiger partial charge on any atom is 0.161 e. The first kappa shape index (κ1) is 14.3. The lowest BCUT2D eigenvalue weighted by Crippen LogP contribution is -2.23. The lowest BCUT2D eigenvalue weighted by molar-refractivity contribution is 0.301. The van der Waals surface area contributed by atoms with Crippen LogP contribution in [0.5, 0.6) is 11.5 Å². The van der Waals surface area contributed by atoms with Gasteiger partial charge in [0.15, 0.2) is 11.5 Å². The van der Waals surface area contributed by atoms with E-state index in [2.05, 4.69) is 11.0 Å². The maximum atomic E-state index is 8.79. The Morgan fingerprint density at radius 1 is 1.28 bits per heavy atom. The van der Waals surface area contributed by atoms with Crippen LogP contribution in [0.2, 0.25) is 0 Å². The molecule has 0 saturated carbocycles. The van der Waals surface area contributed by atoms with Gasteiger partial charge in [-0.05, 0) is 31.7 Å². The Bertz CT molecular complexity index is 426. The fourth-order valence-electron chi connectivity index (χ4n) is 1.86. The highest BCUT2D eigenvalue weighted by molar-refractivity contribution is 5.42. The summed E-state index contributed by atoms with van der Waals surface area (Å²) in [4.78, 5) is 2.12. The Morgan fingerprint density at radius 3 is 2.50 bits per heavy atom. The number of hydrogen-bond acceptors (Lipinski definition) is 4. The highest BCUT2D eigenvalue weighted by Crippen LogP contribution is 2.27. The molecule has 98 valence electrons. The molecule has 4 heteroatoms. The van der Waals surface area contributed by atoms with Crippen molar-refractivity contribution in [2.75, 3.05) is 27.8 Å². The van der Waals surface area contributed by atoms with Crippen molar-refractivity contribution >= 4 is 0 Å². The summed E-state index contributed by atoms with van der Waals surface area (Å²) in [5.41, 5.74) is 1.14. The predicted octanol–water partition coefficient (Wildman–Crippen LogP) is 2.30. The molecule has 1 unspecified atom stereocenters. The van der Waals surface area contributed by atoms with Crippen LogP contribution in [-0.4, -0.2) is 32.7 Å². The first-order valence-corrected chi connectivity index (χ1v) is 5.89. The van der Waals surface area contributed by atoms with Crippen LogP contribution < -0.4 is 9.47 Å². The van der Waals surface area contributed by atoms with E-state index in [-0.39, 0.29) is 5.92 Å². The molecule has 4 nitrogen and oxygen atoms in total. The van der Waals surface area contributed by atoms with E-state index in [4.69, 9.17) is 14.7 Å². The summed E-state index contributed by atoms with van der Waals surface area (Å²) in [5.74, 6) is 1.50. The largest absolute Gasteiger partial charge is 0.493 e. The van der Waals surface area contributed by atoms with Crippen LogP contribution in [-0.2, 0) is 6.54 Å². The van der Waals surface area contributed by atoms with E-state index in [9.17, 15) is 0 Å². The Hall–Kier alpha value is -1.73. The van der Waals surface area contributed by atoms with Crippen molar-refractivity contribution in [1.82, 2.24) is 4.90 Å². The van der Waals surface area contributed by atoms with Gasteiger partial charge in [-0.25, -0.2) is 0 Å². The second kappa shape index (κ2) is 6.87. The fourth-order valence-corrected chi connectivity index (χ4v) is 1.86. The van der Waals surface area contributed by atoms with Crippen molar-refractivity contribution in [2.45, 2.75) is 13.5 Å². The van der Waals surface area contributed by atoms with Gasteiger partial charge in [0.05, 0.1) is 26.2 Å². The maximum absolute atomic E-state index is 8.79. The lowest BCUT2D eigenvalue weighted by Gasteiger charge is -2.18. The molecule has 0 bridgehead atoms. The van der Waals surface area contributed by atoms with E-state index in [0.29, 0.717) is 0 Å². The van der Waals surface area contributed by atoms with E-state index in [1.807, 2.05) is 32.2 Å². The predicted molar refractivity (Wildman–Crippen MR) is 70.7 cm³/mol. The number of nitriles is 1. The molecule has 0 aliphatic rings. The van der Waals surface area contributed by atoms with Gasteiger partial charge in [0, 0.05) is 13.1 Å². The average Bonchev–Trinajstić information content (AvgIpc) is 2.38. The van der Waals surface area contributed by atoms with Crippen LogP contribution in [0.1, 0.15) is 12.5 Å². The first-order valence-electron chi connectivity index (χ1n) is 5.89. The smallest absolute Gasteiger partial charge is 0.161 e. The number of ether oxygens (including phenoxy) is 2. The molecule has 0 amide bonds. The number of rotatable bonds is 6. The lowest BCUT2D eigenvalue weighted by atomic mass is 10.1. The Labute approximate surface area is 109 Å². The fraction of sp³-hybridized carbons (Fsp3) is 0.500. The van der Waals surface area contributed by atoms with Crippen molar-refractivity contribution in [3.05, 3.63) is 23.8 Å². The molecule has 1 aromatic carbocycles. The highest BCUT2D eigenvalue weighted by Gasteiger charge is 2.08. The summed E-state index contributed by atoms with van der Waals surface area (Å²) in [6.45, 7) is 3.46. The van der Waals surface area contributed by atoms with Crippen LogP contribution in [0.3, 0.4) is 0 Å². The van der Waals surface area contributed by atoms with Crippen LogP contribution in [0.15, 0.2) is 18.2 Å². The zero-order valence-corrected chi connectivity index (χ0v) is 11.4. The van der Waals surface area contributed by atoms with Crippen LogP contribution >= 0.6 is 0 Å². The molecule has 0 heterocycles. The molecule has 0 N–H and O–H groups in total. The molecule has 0 spiro atoms. The number of nitrogens with zero attached hydrogens (tertiary/aromatic N) is 2. The standard InChI is InChI=1S/C14H20N2O2/c1-11(8-15)9-16(2)10-12-5-6-13(17-3)14(7-12)18-4/h5-7,11H,9-10H2,1-4H3. The number of benzene rings is 1. The minimum absolute atomic E-state index is 0.0372. The average molecular weight is 248 g/mol. The third-order valence-corrected chi connectivity index (χ3v) is 2.71. The van der Waals surface area contributed by atoms with Gasteiger partial charge in [-0.1, -0.05) is 6.07 Å². The van der Waals surface area contributed by atoms with Crippen LogP contribution in [0, 0.1) is 17.2 Å². The topological polar surface area (TPSA) is 45.5 Å². The van der Waals surface area contributed by atoms with Gasteiger partial charge in [-0.2, -0.15) is 5.26 Å². The molecular formula is C14H20N2O2. The third-order valence-electron chi connectivity index (χ3n) is 2.71. The molecular weight excluding hydrogens is 228 g/mol. The molecule has 0 radical (unpaired) electrons. The van der Waals surface area contributed by atoms with E-state index in [1.54, 1.807) is 14.2 Å². The Morgan fingerprint density at radius 2 is 1.94 bits per heavy atom. The summed E-state index contributed by atoms with van der Waals surface area (Å²) < 4.78 is 10.5. The minimum atomic E-state index is 0.0372. The Kier molecular flexibility index (Phi) is 5.47. The molecule has 0 aliphatic carbocycles. The second-order valence-corrected chi connectivity index (χ2v) is 4.42. The summed E-state index contributed by atoms with van der Waals surface area (Å²) in [6, 6.07) is 8.11. The van der Waals surface area contributed by atoms with Gasteiger partial charge < -0.3 is 14.4 Å². The molecule has 1 atom stereocenters. The quantitative estimate of drug-likeness (QED) is 0.775. The molecule has 0 saturated heterocycles. The third kappa shape index (κ3) is 3.94. The molecule has 0 fully saturated rings. The van der Waals surface area contributed by atoms with E-state index >= 15 is 0 Å². The van der Waals surface area contributed by atoms with E-state index < -0.39 is 0 Å². The number of hydrogen-bond donors (Lipinski definition) is 0. The van der Waals surface area contributed by atoms with Gasteiger partial charge in [-0.15, -0.1) is 0 Å². The summed E-state index contributed by atoms with van der Waals surface area (Å²) in [7, 11) is 5.26. The SMILES string of the molecule is COc1ccc(CN(C)CC(C)C#N)cc1OC. The van der Waals surface area contributed by atoms with Gasteiger partial charge in [0.1, 0.15) is 0 Å². The second-order valence-electron chi connectivity index (χ2n) is 4.42. The first-order chi connectivity index (χ1) is 8.60. The Balaban J connectivity index is 2.70. The summed E-state index contributed by atoms with van der Waals surface area (Å²) >= 11 is 0. The van der Waals surface area contributed by atoms with Crippen LogP contribution in [0.4, 0.5) is 0 Å². The van der Waals surface area contributed by atoms with Crippen molar-refractivity contribution in [2.24, 2.45) is 5.92 Å². The van der Waals surface area contributed by atoms with Gasteiger partial charge in [0.2, 0.25) is 0 Å². The summed E-state index contributed by atoms with van der Waals surface area (Å²) in [5, 5.41) is 8.79. The molecule has 0 aliphatic heterocycles. The van der Waals surface area contributed by atoms with Gasteiger partial charge >= 0.3 is 0 Å². The molecule has 1 aromatic rings. The van der Waals surface area contributed by atoms with Crippen molar-refractivity contribution in [3.8, 4) is 17.6 Å². The monoisotopic (exact) mass is 248 g/mol. The zero-order chi connectivity index (χ0) is 13.5. The minimum Gasteiger partial charge on any atom is -0.493 e. The van der Waals surface area contributed by atoms with Crippen molar-refractivity contribution < 1.29 is 9.47 Å². The van der Waals surface area contributed by atoms with Crippen LogP contribution in [0.25, 0.3) is 0 Å². The molecule has 18 heavy (non-hydrogen) atoms. The van der Waals surface area contributed by atoms with E-state index in [0.717, 1.165) is 30.2 Å². The zero-order valence-electron chi connectivity index (χ0n) is 11.4. The van der Waals surface area contributed by atoms with Gasteiger partial charge in [0.25, 0.3) is 0 Å². The summed E-state index contributed by atoms with van der Waals surface area (Å²) in [6.07, 6.45) is 0. The normalized spacial score (nSPS) is 12.0. The van der Waals surface area contributed by atoms with Crippen molar-refractivity contribution in [3.63, 3.8) is 0 Å². The van der Waals surface area contributed by atoms with Gasteiger partial charge in [-0.3, -0.25) is 0 Å². The molecule has 0 aromatic heterocycles. The molecule has 1 rings (SSSR count). The van der Waals surface area contributed by atoms with E-state index in [1.165, 1.54) is 0 Å².